The number of hydrogen-bond acceptors (Lipinski definition) is 4. The highest BCUT2D eigenvalue weighted by atomic mass is 35.5. The minimum Gasteiger partial charge on any atom is -0.478 e. The van der Waals surface area contributed by atoms with Gasteiger partial charge in [0.25, 0.3) is 0 Å². The van der Waals surface area contributed by atoms with Crippen LogP contribution in [0.25, 0.3) is 5.57 Å². The minimum absolute atomic E-state index is 0.0393. The van der Waals surface area contributed by atoms with Gasteiger partial charge in [0, 0.05) is 22.1 Å². The van der Waals surface area contributed by atoms with E-state index in [0.29, 0.717) is 56.5 Å². The molecule has 1 heterocycles. The summed E-state index contributed by atoms with van der Waals surface area (Å²) in [6.45, 7) is 7.56. The van der Waals surface area contributed by atoms with Crippen molar-refractivity contribution in [2.45, 2.75) is 70.8 Å². The molecule has 2 N–H and O–H groups in total. The molecule has 0 aliphatic heterocycles. The summed E-state index contributed by atoms with van der Waals surface area (Å²) < 4.78 is 19.6. The molecule has 5 nitrogen and oxygen atoms in total. The predicted octanol–water partition coefficient (Wildman–Crippen LogP) is 8.39. The maximum absolute atomic E-state index is 14.2. The summed E-state index contributed by atoms with van der Waals surface area (Å²) in [7, 11) is 0. The van der Waals surface area contributed by atoms with E-state index in [4.69, 9.17) is 32.8 Å². The molecular weight excluding hydrogens is 528 g/mol. The van der Waals surface area contributed by atoms with Crippen molar-refractivity contribution in [1.82, 2.24) is 5.16 Å². The number of aromatic carboxylic acids is 1. The zero-order valence-corrected chi connectivity index (χ0v) is 23.2. The van der Waals surface area contributed by atoms with Crippen LogP contribution >= 0.6 is 23.2 Å². The van der Waals surface area contributed by atoms with Crippen LogP contribution in [0.4, 0.5) is 4.39 Å². The Labute approximate surface area is 233 Å². The molecular formula is C30H34Cl2FNO4. The summed E-state index contributed by atoms with van der Waals surface area (Å²) in [6.07, 6.45) is 10.2. The second-order valence-corrected chi connectivity index (χ2v) is 11.3. The van der Waals surface area contributed by atoms with Crippen molar-refractivity contribution in [3.8, 4) is 0 Å². The molecule has 0 amide bonds. The van der Waals surface area contributed by atoms with Crippen LogP contribution in [0.3, 0.4) is 0 Å². The number of hydrogen-bond donors (Lipinski definition) is 2. The van der Waals surface area contributed by atoms with E-state index in [2.05, 4.69) is 18.7 Å². The van der Waals surface area contributed by atoms with Gasteiger partial charge >= 0.3 is 5.97 Å². The number of nitrogens with zero attached hydrogens (tertiary/aromatic N) is 1. The highest BCUT2D eigenvalue weighted by Gasteiger charge is 2.44. The molecule has 5 rings (SSSR count). The summed E-state index contributed by atoms with van der Waals surface area (Å²) in [5, 5.41) is 23.3. The van der Waals surface area contributed by atoms with Crippen LogP contribution in [-0.2, 0) is 6.61 Å². The van der Waals surface area contributed by atoms with Crippen molar-refractivity contribution in [1.29, 1.82) is 0 Å². The summed E-state index contributed by atoms with van der Waals surface area (Å²) >= 11 is 12.3. The van der Waals surface area contributed by atoms with Gasteiger partial charge in [-0.25, -0.2) is 9.18 Å². The average molecular weight is 563 g/mol. The van der Waals surface area contributed by atoms with Gasteiger partial charge in [0.05, 0.1) is 17.2 Å². The molecule has 38 heavy (non-hydrogen) atoms. The number of carboxylic acids is 1. The number of aliphatic hydroxyl groups excluding tert-OH is 1. The van der Waals surface area contributed by atoms with Crippen LogP contribution in [0, 0.1) is 23.6 Å². The van der Waals surface area contributed by atoms with E-state index in [1.807, 2.05) is 0 Å². The van der Waals surface area contributed by atoms with Gasteiger partial charge in [-0.15, -0.1) is 0 Å². The fourth-order valence-electron chi connectivity index (χ4n) is 6.22. The van der Waals surface area contributed by atoms with Gasteiger partial charge in [0.15, 0.2) is 0 Å². The number of halogens is 3. The van der Waals surface area contributed by atoms with Gasteiger partial charge in [-0.1, -0.05) is 60.4 Å². The van der Waals surface area contributed by atoms with E-state index >= 15 is 0 Å². The Hall–Kier alpha value is -2.41. The van der Waals surface area contributed by atoms with Crippen LogP contribution in [0.5, 0.6) is 0 Å². The lowest BCUT2D eigenvalue weighted by atomic mass is 9.73. The van der Waals surface area contributed by atoms with Crippen molar-refractivity contribution in [3.05, 3.63) is 81.0 Å². The number of fused-ring (bicyclic) bond motifs is 2. The highest BCUT2D eigenvalue weighted by Crippen LogP contribution is 2.55. The Morgan fingerprint density at radius 2 is 2.00 bits per heavy atom. The molecule has 0 radical (unpaired) electrons. The van der Waals surface area contributed by atoms with Gasteiger partial charge in [-0.3, -0.25) is 0 Å². The van der Waals surface area contributed by atoms with Crippen molar-refractivity contribution < 1.29 is 23.9 Å². The Balaban J connectivity index is 0.000000177. The number of aliphatic hydroxyl groups is 1. The molecule has 0 spiro atoms. The van der Waals surface area contributed by atoms with E-state index in [1.54, 1.807) is 25.1 Å². The average Bonchev–Trinajstić information content (AvgIpc) is 3.64. The molecule has 2 bridgehead atoms. The van der Waals surface area contributed by atoms with E-state index in [-0.39, 0.29) is 18.0 Å². The molecule has 3 fully saturated rings. The van der Waals surface area contributed by atoms with Crippen molar-refractivity contribution in [2.24, 2.45) is 17.8 Å². The Kier molecular flexibility index (Phi) is 9.17. The van der Waals surface area contributed by atoms with Crippen LogP contribution in [0.1, 0.15) is 97.1 Å². The number of rotatable bonds is 7. The lowest BCUT2D eigenvalue weighted by Gasteiger charge is -2.31. The molecule has 4 atom stereocenters. The van der Waals surface area contributed by atoms with Crippen molar-refractivity contribution >= 4 is 34.7 Å². The molecule has 3 saturated carbocycles. The Morgan fingerprint density at radius 1 is 1.26 bits per heavy atom. The molecule has 204 valence electrons. The number of benzene rings is 1. The lowest BCUT2D eigenvalue weighted by Crippen LogP contribution is -2.21. The van der Waals surface area contributed by atoms with Crippen LogP contribution in [0.2, 0.25) is 0 Å². The normalized spacial score (nSPS) is 25.4. The molecule has 2 aromatic rings. The van der Waals surface area contributed by atoms with Crippen molar-refractivity contribution in [2.75, 3.05) is 0 Å². The minimum atomic E-state index is -1.06. The fourth-order valence-corrected chi connectivity index (χ4v) is 6.65. The summed E-state index contributed by atoms with van der Waals surface area (Å²) in [4.78, 5) is 10.9. The van der Waals surface area contributed by atoms with Crippen LogP contribution in [0.15, 0.2) is 51.5 Å². The molecule has 3 aliphatic rings. The SMILES string of the molecule is C=C/C(Cl)=C(\C(Cl)=C/C)c1noc(C2CC2)c1CO.CC1CC2CCCC1C2c1ccc(C(=O)O)cc1F. The van der Waals surface area contributed by atoms with Gasteiger partial charge in [0.2, 0.25) is 0 Å². The van der Waals surface area contributed by atoms with Gasteiger partial charge in [0.1, 0.15) is 17.3 Å². The third-order valence-electron chi connectivity index (χ3n) is 8.17. The summed E-state index contributed by atoms with van der Waals surface area (Å²) in [5.74, 6) is 1.81. The van der Waals surface area contributed by atoms with E-state index in [0.717, 1.165) is 24.2 Å². The highest BCUT2D eigenvalue weighted by molar-refractivity contribution is 6.42. The standard InChI is InChI=1S/C16H19FO2.C14H15Cl2NO2/c1-9-7-10-3-2-4-12(9)15(10)13-6-5-11(16(18)19)8-14(13)17;1-3-10(15)12(11(16)4-2)13-9(7-18)14(19-17-13)8-5-6-8/h5-6,8-10,12,15H,2-4,7H2,1H3,(H,18,19);3-4,8,18H,1,5-7H2,2H3/b;11-4+,12-10-. The first kappa shape index (κ1) is 28.6. The monoisotopic (exact) mass is 561 g/mol. The lowest BCUT2D eigenvalue weighted by molar-refractivity contribution is 0.0696. The quantitative estimate of drug-likeness (QED) is 0.331. The van der Waals surface area contributed by atoms with E-state index in [9.17, 15) is 14.3 Å². The third kappa shape index (κ3) is 5.78. The van der Waals surface area contributed by atoms with Crippen LogP contribution < -0.4 is 0 Å². The smallest absolute Gasteiger partial charge is 0.335 e. The first-order chi connectivity index (χ1) is 18.2. The molecule has 0 saturated heterocycles. The fraction of sp³-hybridized carbons (Fsp3) is 0.467. The zero-order chi connectivity index (χ0) is 27.6. The zero-order valence-electron chi connectivity index (χ0n) is 21.7. The molecule has 3 aliphatic carbocycles. The number of carbonyl (C=O) groups is 1. The Morgan fingerprint density at radius 3 is 2.55 bits per heavy atom. The number of aromatic nitrogens is 1. The van der Waals surface area contributed by atoms with Crippen LogP contribution in [-0.4, -0.2) is 21.3 Å². The summed E-state index contributed by atoms with van der Waals surface area (Å²) in [5.41, 5.74) is 2.48. The van der Waals surface area contributed by atoms with Crippen molar-refractivity contribution in [3.63, 3.8) is 0 Å². The topological polar surface area (TPSA) is 83.6 Å². The molecule has 4 unspecified atom stereocenters. The second-order valence-electron chi connectivity index (χ2n) is 10.5. The third-order valence-corrected chi connectivity index (χ3v) is 8.92. The predicted molar refractivity (Wildman–Crippen MR) is 148 cm³/mol. The van der Waals surface area contributed by atoms with Gasteiger partial charge in [-0.05, 0) is 86.5 Å². The number of allylic oxidation sites excluding steroid dienone is 5. The first-order valence-electron chi connectivity index (χ1n) is 13.2. The van der Waals surface area contributed by atoms with E-state index < -0.39 is 5.97 Å². The second kappa shape index (κ2) is 12.2. The molecule has 8 heteroatoms. The Bertz CT molecular complexity index is 1260. The summed E-state index contributed by atoms with van der Waals surface area (Å²) in [6, 6.07) is 4.42. The van der Waals surface area contributed by atoms with Gasteiger partial charge in [-0.2, -0.15) is 0 Å². The maximum Gasteiger partial charge on any atom is 0.335 e. The molecule has 1 aromatic heterocycles. The first-order valence-corrected chi connectivity index (χ1v) is 13.9. The van der Waals surface area contributed by atoms with E-state index in [1.165, 1.54) is 37.8 Å². The van der Waals surface area contributed by atoms with Gasteiger partial charge < -0.3 is 14.7 Å². The largest absolute Gasteiger partial charge is 0.478 e. The number of carboxylic acid groups (broad SMARTS) is 1. The maximum atomic E-state index is 14.2. The molecule has 1 aromatic carbocycles.